The molecule has 0 fully saturated rings. The van der Waals surface area contributed by atoms with Gasteiger partial charge in [-0.1, -0.05) is 60.2 Å². The Morgan fingerprint density at radius 3 is 2.22 bits per heavy atom. The highest BCUT2D eigenvalue weighted by atomic mass is 32.2. The average Bonchev–Trinajstić information content (AvgIpc) is 2.85. The predicted octanol–water partition coefficient (Wildman–Crippen LogP) is 4.72. The molecule has 0 spiro atoms. The molecule has 0 aromatic heterocycles. The number of nitrogens with zero attached hydrogens (tertiary/aromatic N) is 1. The van der Waals surface area contributed by atoms with Crippen molar-refractivity contribution in [1.82, 2.24) is 4.31 Å². The minimum absolute atomic E-state index is 0.110. The second-order valence-corrected chi connectivity index (χ2v) is 11.2. The largest absolute Gasteiger partial charge is 0.465 e. The summed E-state index contributed by atoms with van der Waals surface area (Å²) in [5, 5.41) is 0. The number of sulfonamides is 1. The first kappa shape index (κ1) is 25.8. The number of ether oxygens (including phenoxy) is 1. The van der Waals surface area contributed by atoms with Gasteiger partial charge >= 0.3 is 5.97 Å². The van der Waals surface area contributed by atoms with Crippen molar-refractivity contribution >= 4 is 21.8 Å². The number of fused-ring (bicyclic) bond motifs is 1. The summed E-state index contributed by atoms with van der Waals surface area (Å²) in [5.74, 6) is -0.630. The lowest BCUT2D eigenvalue weighted by Crippen LogP contribution is -2.49. The molecule has 0 aliphatic carbocycles. The number of hydrogen-bond donors (Lipinski definition) is 0. The van der Waals surface area contributed by atoms with Crippen LogP contribution in [0.3, 0.4) is 0 Å². The minimum Gasteiger partial charge on any atom is -0.465 e. The first-order valence-electron chi connectivity index (χ1n) is 12.0. The maximum absolute atomic E-state index is 14.0. The van der Waals surface area contributed by atoms with Crippen molar-refractivity contribution in [2.24, 2.45) is 0 Å². The lowest BCUT2D eigenvalue weighted by atomic mass is 9.91. The van der Waals surface area contributed by atoms with Crippen LogP contribution in [-0.2, 0) is 38.9 Å². The fraction of sp³-hybridized carbons (Fsp3) is 0.310. The summed E-state index contributed by atoms with van der Waals surface area (Å²) in [4.78, 5) is 26.0. The van der Waals surface area contributed by atoms with Crippen LogP contribution in [0.25, 0.3) is 0 Å². The molecule has 0 amide bonds. The van der Waals surface area contributed by atoms with E-state index in [1.165, 1.54) is 11.4 Å². The maximum Gasteiger partial charge on any atom is 0.338 e. The molecule has 188 valence electrons. The summed E-state index contributed by atoms with van der Waals surface area (Å²) in [6, 6.07) is 17.6. The Morgan fingerprint density at radius 1 is 0.944 bits per heavy atom. The first-order valence-corrected chi connectivity index (χ1v) is 13.4. The second-order valence-electron chi connectivity index (χ2n) is 9.38. The molecule has 0 radical (unpaired) electrons. The second kappa shape index (κ2) is 10.4. The maximum atomic E-state index is 14.0. The molecular formula is C29H31NO5S. The molecule has 6 nitrogen and oxygen atoms in total. The molecule has 0 N–H and O–H groups in total. The van der Waals surface area contributed by atoms with Gasteiger partial charge in [-0.3, -0.25) is 4.79 Å². The molecular weight excluding hydrogens is 474 g/mol. The van der Waals surface area contributed by atoms with E-state index >= 15 is 0 Å². The Morgan fingerprint density at radius 2 is 1.56 bits per heavy atom. The van der Waals surface area contributed by atoms with Gasteiger partial charge in [0.05, 0.1) is 23.6 Å². The third kappa shape index (κ3) is 4.99. The molecule has 1 aliphatic heterocycles. The highest BCUT2D eigenvalue weighted by molar-refractivity contribution is 7.89. The Bertz CT molecular complexity index is 1400. The van der Waals surface area contributed by atoms with Crippen LogP contribution in [0.15, 0.2) is 65.6 Å². The first-order chi connectivity index (χ1) is 17.1. The lowest BCUT2D eigenvalue weighted by molar-refractivity contribution is -0.123. The smallest absolute Gasteiger partial charge is 0.338 e. The van der Waals surface area contributed by atoms with Crippen LogP contribution < -0.4 is 0 Å². The van der Waals surface area contributed by atoms with E-state index in [9.17, 15) is 18.0 Å². The van der Waals surface area contributed by atoms with Gasteiger partial charge in [0.25, 0.3) is 0 Å². The number of carbonyl (C=O) groups excluding carboxylic acids is 2. The fourth-order valence-corrected chi connectivity index (χ4v) is 7.19. The van der Waals surface area contributed by atoms with Gasteiger partial charge < -0.3 is 4.74 Å². The van der Waals surface area contributed by atoms with Crippen LogP contribution >= 0.6 is 0 Å². The Balaban J connectivity index is 1.69. The summed E-state index contributed by atoms with van der Waals surface area (Å²) in [6.45, 7) is 5.67. The Labute approximate surface area is 213 Å². The van der Waals surface area contributed by atoms with Crippen molar-refractivity contribution in [3.05, 3.63) is 99.6 Å². The number of esters is 1. The number of methoxy groups -OCH3 is 1. The summed E-state index contributed by atoms with van der Waals surface area (Å²) in [5.41, 5.74) is 5.34. The van der Waals surface area contributed by atoms with E-state index in [1.807, 2.05) is 49.4 Å². The van der Waals surface area contributed by atoms with Gasteiger partial charge in [0, 0.05) is 13.0 Å². The molecule has 7 heteroatoms. The number of Topliss-reactive ketones (excluding diaryl/α,β-unsaturated/α-hetero) is 1. The number of ketones is 1. The average molecular weight is 506 g/mol. The third-order valence-corrected chi connectivity index (χ3v) is 8.97. The Hall–Kier alpha value is -3.29. The van der Waals surface area contributed by atoms with Gasteiger partial charge in [-0.2, -0.15) is 4.31 Å². The third-order valence-electron chi connectivity index (χ3n) is 6.81. The molecule has 1 atom stereocenters. The van der Waals surface area contributed by atoms with Crippen LogP contribution in [0, 0.1) is 20.8 Å². The van der Waals surface area contributed by atoms with Crippen molar-refractivity contribution in [2.75, 3.05) is 7.11 Å². The molecule has 36 heavy (non-hydrogen) atoms. The highest BCUT2D eigenvalue weighted by Crippen LogP contribution is 2.33. The fourth-order valence-electron chi connectivity index (χ4n) is 5.19. The molecule has 1 unspecified atom stereocenters. The minimum atomic E-state index is -3.95. The number of aryl methyl sites for hydroxylation is 4. The van der Waals surface area contributed by atoms with E-state index < -0.39 is 22.0 Å². The standard InChI is InChI=1S/C29H31NO5S/c1-19-15-20(2)28(21(3)16-19)36(33,34)30-18-24-11-6-5-10-23(24)17-26(30)27(31)14-13-22-9-7-8-12-25(22)29(32)35-4/h5-12,15-16,26H,13-14,17-18H2,1-4H3. The highest BCUT2D eigenvalue weighted by Gasteiger charge is 2.40. The zero-order valence-electron chi connectivity index (χ0n) is 21.1. The van der Waals surface area contributed by atoms with E-state index in [1.54, 1.807) is 32.0 Å². The summed E-state index contributed by atoms with van der Waals surface area (Å²) in [6.07, 6.45) is 0.744. The van der Waals surface area contributed by atoms with Crippen molar-refractivity contribution in [2.45, 2.75) is 57.5 Å². The van der Waals surface area contributed by atoms with Gasteiger partial charge in [-0.25, -0.2) is 13.2 Å². The number of rotatable bonds is 7. The van der Waals surface area contributed by atoms with Crippen LogP contribution in [0.5, 0.6) is 0 Å². The SMILES string of the molecule is COC(=O)c1ccccc1CCC(=O)C1Cc2ccccc2CN1S(=O)(=O)c1c(C)cc(C)cc1C. The molecule has 0 saturated heterocycles. The topological polar surface area (TPSA) is 80.8 Å². The van der Waals surface area contributed by atoms with E-state index in [0.717, 1.165) is 16.7 Å². The van der Waals surface area contributed by atoms with Crippen molar-refractivity contribution in [3.8, 4) is 0 Å². The molecule has 0 bridgehead atoms. The van der Waals surface area contributed by atoms with Gasteiger partial charge in [0.2, 0.25) is 10.0 Å². The lowest BCUT2D eigenvalue weighted by Gasteiger charge is -2.36. The molecule has 4 rings (SSSR count). The summed E-state index contributed by atoms with van der Waals surface area (Å²) >= 11 is 0. The number of hydrogen-bond acceptors (Lipinski definition) is 5. The molecule has 3 aromatic rings. The monoisotopic (exact) mass is 505 g/mol. The van der Waals surface area contributed by atoms with Crippen molar-refractivity contribution in [1.29, 1.82) is 0 Å². The van der Waals surface area contributed by atoms with Gasteiger partial charge in [-0.05, 0) is 67.5 Å². The van der Waals surface area contributed by atoms with Crippen LogP contribution in [0.1, 0.15) is 50.2 Å². The zero-order valence-corrected chi connectivity index (χ0v) is 21.9. The molecule has 3 aromatic carbocycles. The summed E-state index contributed by atoms with van der Waals surface area (Å²) in [7, 11) is -2.63. The molecule has 0 saturated carbocycles. The van der Waals surface area contributed by atoms with Gasteiger partial charge in [-0.15, -0.1) is 0 Å². The molecule has 1 heterocycles. The van der Waals surface area contributed by atoms with E-state index in [4.69, 9.17) is 4.74 Å². The van der Waals surface area contributed by atoms with Crippen LogP contribution in [0.2, 0.25) is 0 Å². The molecule has 1 aliphatic rings. The van der Waals surface area contributed by atoms with Gasteiger partial charge in [0.15, 0.2) is 5.78 Å². The van der Waals surface area contributed by atoms with Gasteiger partial charge in [0.1, 0.15) is 0 Å². The zero-order chi connectivity index (χ0) is 26.0. The predicted molar refractivity (Wildman–Crippen MR) is 138 cm³/mol. The Kier molecular flexibility index (Phi) is 7.43. The number of carbonyl (C=O) groups is 2. The van der Waals surface area contributed by atoms with E-state index in [-0.39, 0.29) is 23.6 Å². The quantitative estimate of drug-likeness (QED) is 0.434. The van der Waals surface area contributed by atoms with E-state index in [2.05, 4.69) is 0 Å². The van der Waals surface area contributed by atoms with Crippen molar-refractivity contribution in [3.63, 3.8) is 0 Å². The summed E-state index contributed by atoms with van der Waals surface area (Å²) < 4.78 is 34.3. The number of benzene rings is 3. The van der Waals surface area contributed by atoms with Crippen molar-refractivity contribution < 1.29 is 22.7 Å². The normalized spacial score (nSPS) is 15.8. The van der Waals surface area contributed by atoms with Crippen LogP contribution in [0.4, 0.5) is 0 Å². The van der Waals surface area contributed by atoms with Crippen LogP contribution in [-0.4, -0.2) is 37.6 Å². The van der Waals surface area contributed by atoms with E-state index in [0.29, 0.717) is 35.1 Å².